The molecule has 49 valence electrons. The number of hydrogen-bond acceptors (Lipinski definition) is 3. The maximum atomic E-state index is 10.00. The Morgan fingerprint density at radius 2 is 2.67 bits per heavy atom. The summed E-state index contributed by atoms with van der Waals surface area (Å²) in [4.78, 5) is 9.57. The van der Waals surface area contributed by atoms with Crippen molar-refractivity contribution in [1.82, 2.24) is 10.4 Å². The molecule has 0 amide bonds. The third-order valence-corrected chi connectivity index (χ3v) is 1.03. The largest absolute Gasteiger partial charge is 0.294 e. The Kier molecular flexibility index (Phi) is 1.35. The second-order valence-corrected chi connectivity index (χ2v) is 1.75. The first-order valence-corrected chi connectivity index (χ1v) is 2.45. The van der Waals surface area contributed by atoms with Crippen LogP contribution in [0.5, 0.6) is 0 Å². The van der Waals surface area contributed by atoms with Gasteiger partial charge in [0.2, 0.25) is 0 Å². The predicted octanol–water partition coefficient (Wildman–Crippen LogP) is -0.431. The van der Waals surface area contributed by atoms with Gasteiger partial charge in [-0.05, 0) is 0 Å². The zero-order valence-electron chi connectivity index (χ0n) is 4.94. The highest BCUT2D eigenvalue weighted by molar-refractivity contribution is 4.96. The topological polar surface area (TPSA) is 60.5 Å². The minimum absolute atomic E-state index is 0.150. The molecule has 0 aromatic carbocycles. The quantitative estimate of drug-likeness (QED) is 0.355. The van der Waals surface area contributed by atoms with Crippen molar-refractivity contribution in [2.45, 2.75) is 0 Å². The van der Waals surface area contributed by atoms with Crippen molar-refractivity contribution in [3.05, 3.63) is 22.0 Å². The van der Waals surface area contributed by atoms with E-state index in [1.54, 1.807) is 7.05 Å². The van der Waals surface area contributed by atoms with Gasteiger partial charge in [0.15, 0.2) is 0 Å². The average molecular weight is 128 g/mol. The van der Waals surface area contributed by atoms with Crippen molar-refractivity contribution in [3.8, 4) is 0 Å². The van der Waals surface area contributed by atoms with Crippen molar-refractivity contribution >= 4 is 0 Å². The summed E-state index contributed by atoms with van der Waals surface area (Å²) in [5.74, 6) is 0. The molecule has 1 rings (SSSR count). The highest BCUT2D eigenvalue weighted by Crippen LogP contribution is 2.02. The van der Waals surface area contributed by atoms with Crippen LogP contribution in [0.3, 0.4) is 0 Å². The molecular formula is C4H6N3O2. The first-order chi connectivity index (χ1) is 4.20. The Balaban J connectivity index is 2.62. The summed E-state index contributed by atoms with van der Waals surface area (Å²) in [6, 6.07) is 0. The fourth-order valence-electron chi connectivity index (χ4n) is 0.586. The highest BCUT2D eigenvalue weighted by atomic mass is 16.6. The molecule has 0 aromatic heterocycles. The predicted molar refractivity (Wildman–Crippen MR) is 29.8 cm³/mol. The van der Waals surface area contributed by atoms with E-state index in [-0.39, 0.29) is 12.2 Å². The Labute approximate surface area is 52.1 Å². The molecule has 0 unspecified atom stereocenters. The molecule has 1 aliphatic heterocycles. The first kappa shape index (κ1) is 6.03. The Morgan fingerprint density at radius 3 is 2.89 bits per heavy atom. The van der Waals surface area contributed by atoms with Gasteiger partial charge in [0.1, 0.15) is 6.54 Å². The molecule has 0 fully saturated rings. The molecule has 9 heavy (non-hydrogen) atoms. The molecule has 0 aliphatic carbocycles. The van der Waals surface area contributed by atoms with Gasteiger partial charge in [-0.15, -0.1) is 5.43 Å². The van der Waals surface area contributed by atoms with Gasteiger partial charge in [0.25, 0.3) is 5.70 Å². The zero-order valence-corrected chi connectivity index (χ0v) is 4.94. The van der Waals surface area contributed by atoms with E-state index in [1.807, 2.05) is 0 Å². The van der Waals surface area contributed by atoms with Crippen LogP contribution in [0.15, 0.2) is 11.9 Å². The van der Waals surface area contributed by atoms with Gasteiger partial charge in [0.05, 0.1) is 11.1 Å². The lowest BCUT2D eigenvalue weighted by molar-refractivity contribution is -0.425. The highest BCUT2D eigenvalue weighted by Gasteiger charge is 2.18. The van der Waals surface area contributed by atoms with Crippen molar-refractivity contribution in [2.24, 2.45) is 0 Å². The van der Waals surface area contributed by atoms with E-state index in [9.17, 15) is 10.1 Å². The summed E-state index contributed by atoms with van der Waals surface area (Å²) in [5, 5.41) is 11.4. The van der Waals surface area contributed by atoms with Crippen LogP contribution in [-0.4, -0.2) is 23.5 Å². The third kappa shape index (κ3) is 1.17. The normalized spacial score (nSPS) is 17.9. The average Bonchev–Trinajstić information content (AvgIpc) is 2.14. The van der Waals surface area contributed by atoms with Crippen LogP contribution < -0.4 is 5.43 Å². The summed E-state index contributed by atoms with van der Waals surface area (Å²) < 4.78 is 0. The molecule has 0 aromatic rings. The van der Waals surface area contributed by atoms with E-state index in [4.69, 9.17) is 0 Å². The van der Waals surface area contributed by atoms with Gasteiger partial charge in [-0.2, -0.15) is 0 Å². The fourth-order valence-corrected chi connectivity index (χ4v) is 0.586. The molecule has 1 heterocycles. The maximum Gasteiger partial charge on any atom is 0.280 e. The lowest BCUT2D eigenvalue weighted by atomic mass is 10.5. The van der Waals surface area contributed by atoms with E-state index in [0.29, 0.717) is 0 Å². The van der Waals surface area contributed by atoms with Gasteiger partial charge < -0.3 is 0 Å². The number of nitrogens with zero attached hydrogens (tertiary/aromatic N) is 3. The molecule has 1 aliphatic rings. The first-order valence-electron chi connectivity index (χ1n) is 2.45. The van der Waals surface area contributed by atoms with E-state index in [0.717, 1.165) is 0 Å². The van der Waals surface area contributed by atoms with E-state index in [2.05, 4.69) is 5.43 Å². The summed E-state index contributed by atoms with van der Waals surface area (Å²) >= 11 is 0. The van der Waals surface area contributed by atoms with Crippen molar-refractivity contribution in [2.75, 3.05) is 13.6 Å². The second kappa shape index (κ2) is 2.02. The molecule has 0 saturated carbocycles. The Bertz CT molecular complexity index is 165. The fraction of sp³-hybridized carbons (Fsp3) is 0.500. The van der Waals surface area contributed by atoms with Crippen LogP contribution in [0.2, 0.25) is 0 Å². The molecular weight excluding hydrogens is 122 g/mol. The van der Waals surface area contributed by atoms with Crippen LogP contribution in [0.25, 0.3) is 0 Å². The summed E-state index contributed by atoms with van der Waals surface area (Å²) in [5.41, 5.74) is 3.89. The number of rotatable bonds is 1. The van der Waals surface area contributed by atoms with E-state index >= 15 is 0 Å². The molecule has 0 saturated heterocycles. The van der Waals surface area contributed by atoms with Crippen LogP contribution in [0.4, 0.5) is 0 Å². The third-order valence-electron chi connectivity index (χ3n) is 1.03. The molecule has 0 atom stereocenters. The van der Waals surface area contributed by atoms with Crippen LogP contribution >= 0.6 is 0 Å². The van der Waals surface area contributed by atoms with Gasteiger partial charge in [0, 0.05) is 7.05 Å². The molecule has 0 bridgehead atoms. The second-order valence-electron chi connectivity index (χ2n) is 1.75. The molecule has 1 radical (unpaired) electrons. The molecule has 0 spiro atoms. The van der Waals surface area contributed by atoms with Crippen LogP contribution in [0.1, 0.15) is 0 Å². The zero-order chi connectivity index (χ0) is 6.85. The monoisotopic (exact) mass is 128 g/mol. The number of hydrogen-bond donors (Lipinski definition) is 0. The van der Waals surface area contributed by atoms with Crippen molar-refractivity contribution in [1.29, 1.82) is 0 Å². The number of nitro groups is 1. The summed E-state index contributed by atoms with van der Waals surface area (Å²) in [6.07, 6.45) is 1.40. The van der Waals surface area contributed by atoms with Gasteiger partial charge >= 0.3 is 0 Å². The molecule has 5 heteroatoms. The van der Waals surface area contributed by atoms with E-state index in [1.165, 1.54) is 11.2 Å². The van der Waals surface area contributed by atoms with Crippen LogP contribution in [-0.2, 0) is 0 Å². The summed E-state index contributed by atoms with van der Waals surface area (Å²) in [6.45, 7) is 0.198. The lowest BCUT2D eigenvalue weighted by Gasteiger charge is -1.99. The Morgan fingerprint density at radius 1 is 2.00 bits per heavy atom. The van der Waals surface area contributed by atoms with E-state index < -0.39 is 4.92 Å². The smallest absolute Gasteiger partial charge is 0.280 e. The minimum atomic E-state index is -0.424. The van der Waals surface area contributed by atoms with Gasteiger partial charge in [-0.1, -0.05) is 0 Å². The van der Waals surface area contributed by atoms with Gasteiger partial charge in [-0.3, -0.25) is 15.1 Å². The maximum absolute atomic E-state index is 10.00. The van der Waals surface area contributed by atoms with Crippen molar-refractivity contribution < 1.29 is 4.92 Å². The van der Waals surface area contributed by atoms with Gasteiger partial charge in [-0.25, -0.2) is 0 Å². The standard InChI is InChI=1S/C4H6N3O2/c1-6-3-4(2-5-6)7(8)9/h3H,2H2,1H3. The lowest BCUT2D eigenvalue weighted by Crippen LogP contribution is -2.16. The summed E-state index contributed by atoms with van der Waals surface area (Å²) in [7, 11) is 1.66. The van der Waals surface area contributed by atoms with Crippen LogP contribution in [0, 0.1) is 10.1 Å². The SMILES string of the molecule is CN1C=C([N+](=O)[O-])C[N]1. The molecule has 5 nitrogen and oxygen atoms in total. The van der Waals surface area contributed by atoms with Crippen molar-refractivity contribution in [3.63, 3.8) is 0 Å². The molecule has 0 N–H and O–H groups in total. The Hall–Kier alpha value is -1.10. The minimum Gasteiger partial charge on any atom is -0.294 e.